The number of rotatable bonds is 5. The molecule has 1 amide bonds. The van der Waals surface area contributed by atoms with Gasteiger partial charge >= 0.3 is 0 Å². The smallest absolute Gasteiger partial charge is 0.222 e. The van der Waals surface area contributed by atoms with E-state index in [1.807, 2.05) is 12.1 Å². The maximum absolute atomic E-state index is 12.8. The van der Waals surface area contributed by atoms with Crippen molar-refractivity contribution in [1.82, 2.24) is 9.80 Å². The van der Waals surface area contributed by atoms with E-state index >= 15 is 0 Å². The molecule has 1 aromatic carbocycles. The van der Waals surface area contributed by atoms with Gasteiger partial charge in [0.1, 0.15) is 5.75 Å². The molecular formula is C22H32N2O2. The van der Waals surface area contributed by atoms with Crippen molar-refractivity contribution >= 4 is 5.91 Å². The van der Waals surface area contributed by atoms with Crippen LogP contribution >= 0.6 is 0 Å². The van der Waals surface area contributed by atoms with Gasteiger partial charge in [-0.15, -0.1) is 0 Å². The summed E-state index contributed by atoms with van der Waals surface area (Å²) in [6.07, 6.45) is 7.39. The number of hydrogen-bond acceptors (Lipinski definition) is 3. The molecule has 142 valence electrons. The van der Waals surface area contributed by atoms with Crippen molar-refractivity contribution in [1.29, 1.82) is 0 Å². The van der Waals surface area contributed by atoms with E-state index in [1.165, 1.54) is 31.2 Å². The molecule has 0 radical (unpaired) electrons. The summed E-state index contributed by atoms with van der Waals surface area (Å²) in [5.41, 5.74) is 1.31. The van der Waals surface area contributed by atoms with E-state index in [0.717, 1.165) is 63.2 Å². The summed E-state index contributed by atoms with van der Waals surface area (Å²) in [5.74, 6) is 3.78. The molecule has 2 bridgehead atoms. The molecule has 4 rings (SSSR count). The second-order valence-electron chi connectivity index (χ2n) is 8.50. The molecular weight excluding hydrogens is 324 g/mol. The number of ether oxygens (including phenoxy) is 1. The number of methoxy groups -OCH3 is 1. The standard InChI is InChI=1S/C22H32N2O2/c1-26-21-7-4-17(5-8-21)16-23-9-2-10-24(12-11-23)22(25)15-20-14-18-3-6-19(20)13-18/h4-5,7-8,18-20H,2-3,6,9-16H2,1H3. The Kier molecular flexibility index (Phi) is 5.49. The van der Waals surface area contributed by atoms with E-state index in [0.29, 0.717) is 11.8 Å². The zero-order valence-corrected chi connectivity index (χ0v) is 16.0. The van der Waals surface area contributed by atoms with Crippen molar-refractivity contribution in [2.45, 2.75) is 45.1 Å². The zero-order chi connectivity index (χ0) is 17.9. The van der Waals surface area contributed by atoms with Crippen molar-refractivity contribution in [2.75, 3.05) is 33.3 Å². The fourth-order valence-corrected chi connectivity index (χ4v) is 5.35. The molecule has 4 nitrogen and oxygen atoms in total. The maximum Gasteiger partial charge on any atom is 0.222 e. The van der Waals surface area contributed by atoms with Crippen LogP contribution in [-0.2, 0) is 11.3 Å². The van der Waals surface area contributed by atoms with Gasteiger partial charge in [-0.1, -0.05) is 18.6 Å². The summed E-state index contributed by atoms with van der Waals surface area (Å²) in [6.45, 7) is 4.82. The van der Waals surface area contributed by atoms with Gasteiger partial charge < -0.3 is 9.64 Å². The second kappa shape index (κ2) is 7.99. The van der Waals surface area contributed by atoms with Crippen molar-refractivity contribution < 1.29 is 9.53 Å². The molecule has 26 heavy (non-hydrogen) atoms. The molecule has 4 heteroatoms. The van der Waals surface area contributed by atoms with Crippen LogP contribution in [0.5, 0.6) is 5.75 Å². The van der Waals surface area contributed by atoms with E-state index < -0.39 is 0 Å². The summed E-state index contributed by atoms with van der Waals surface area (Å²) in [6, 6.07) is 8.33. The number of amides is 1. The lowest BCUT2D eigenvalue weighted by Crippen LogP contribution is -2.36. The SMILES string of the molecule is COc1ccc(CN2CCCN(C(=O)CC3CC4CCC3C4)CC2)cc1. The minimum absolute atomic E-state index is 0.411. The minimum atomic E-state index is 0.411. The second-order valence-corrected chi connectivity index (χ2v) is 8.50. The molecule has 0 aromatic heterocycles. The number of nitrogens with zero attached hydrogens (tertiary/aromatic N) is 2. The first kappa shape index (κ1) is 17.8. The molecule has 1 saturated heterocycles. The monoisotopic (exact) mass is 356 g/mol. The number of carbonyl (C=O) groups excluding carboxylic acids is 1. The first-order valence-corrected chi connectivity index (χ1v) is 10.3. The summed E-state index contributed by atoms with van der Waals surface area (Å²) >= 11 is 0. The number of carbonyl (C=O) groups is 1. The Morgan fingerprint density at radius 1 is 1.08 bits per heavy atom. The van der Waals surface area contributed by atoms with Crippen molar-refractivity contribution in [3.8, 4) is 5.75 Å². The molecule has 3 atom stereocenters. The molecule has 1 heterocycles. The van der Waals surface area contributed by atoms with Gasteiger partial charge in [-0.2, -0.15) is 0 Å². The number of fused-ring (bicyclic) bond motifs is 2. The third-order valence-electron chi connectivity index (χ3n) is 6.83. The average Bonchev–Trinajstić information content (AvgIpc) is 3.19. The summed E-state index contributed by atoms with van der Waals surface area (Å²) in [5, 5.41) is 0. The lowest BCUT2D eigenvalue weighted by atomic mass is 9.86. The van der Waals surface area contributed by atoms with Crippen molar-refractivity contribution in [3.05, 3.63) is 29.8 Å². The van der Waals surface area contributed by atoms with E-state index in [2.05, 4.69) is 21.9 Å². The Balaban J connectivity index is 1.26. The third kappa shape index (κ3) is 4.06. The van der Waals surface area contributed by atoms with Gasteiger partial charge in [0, 0.05) is 39.1 Å². The fourth-order valence-electron chi connectivity index (χ4n) is 5.35. The normalized spacial score (nSPS) is 29.0. The topological polar surface area (TPSA) is 32.8 Å². The molecule has 3 aliphatic rings. The first-order chi connectivity index (χ1) is 12.7. The van der Waals surface area contributed by atoms with Crippen LogP contribution in [-0.4, -0.2) is 49.0 Å². The maximum atomic E-state index is 12.8. The Labute approximate surface area is 157 Å². The van der Waals surface area contributed by atoms with Crippen LogP contribution in [0.3, 0.4) is 0 Å². The highest BCUT2D eigenvalue weighted by atomic mass is 16.5. The zero-order valence-electron chi connectivity index (χ0n) is 16.0. The quantitative estimate of drug-likeness (QED) is 0.809. The number of hydrogen-bond donors (Lipinski definition) is 0. The van der Waals surface area contributed by atoms with Gasteiger partial charge in [-0.3, -0.25) is 9.69 Å². The Bertz CT molecular complexity index is 615. The van der Waals surface area contributed by atoms with Crippen LogP contribution in [0.25, 0.3) is 0 Å². The Morgan fingerprint density at radius 3 is 2.62 bits per heavy atom. The van der Waals surface area contributed by atoms with E-state index in [4.69, 9.17) is 4.74 Å². The summed E-state index contributed by atoms with van der Waals surface area (Å²) < 4.78 is 5.23. The lowest BCUT2D eigenvalue weighted by molar-refractivity contribution is -0.132. The first-order valence-electron chi connectivity index (χ1n) is 10.3. The molecule has 1 aromatic rings. The summed E-state index contributed by atoms with van der Waals surface area (Å²) in [4.78, 5) is 17.4. The third-order valence-corrected chi connectivity index (χ3v) is 6.83. The predicted octanol–water partition coefficient (Wildman–Crippen LogP) is 3.56. The van der Waals surface area contributed by atoms with Gasteiger partial charge in [-0.25, -0.2) is 0 Å². The lowest BCUT2D eigenvalue weighted by Gasteiger charge is -2.26. The van der Waals surface area contributed by atoms with Crippen LogP contribution in [0.4, 0.5) is 0 Å². The van der Waals surface area contributed by atoms with Gasteiger partial charge in [-0.05, 0) is 61.1 Å². The molecule has 3 unspecified atom stereocenters. The minimum Gasteiger partial charge on any atom is -0.497 e. The molecule has 1 aliphatic heterocycles. The molecule has 3 fully saturated rings. The molecule has 0 spiro atoms. The fraction of sp³-hybridized carbons (Fsp3) is 0.682. The number of benzene rings is 1. The van der Waals surface area contributed by atoms with Gasteiger partial charge in [0.25, 0.3) is 0 Å². The van der Waals surface area contributed by atoms with Crippen LogP contribution in [0.15, 0.2) is 24.3 Å². The predicted molar refractivity (Wildman–Crippen MR) is 103 cm³/mol. The highest BCUT2D eigenvalue weighted by Gasteiger charge is 2.40. The highest BCUT2D eigenvalue weighted by molar-refractivity contribution is 5.76. The van der Waals surface area contributed by atoms with Crippen LogP contribution in [0, 0.1) is 17.8 Å². The molecule has 0 N–H and O–H groups in total. The van der Waals surface area contributed by atoms with E-state index in [-0.39, 0.29) is 0 Å². The highest BCUT2D eigenvalue weighted by Crippen LogP contribution is 2.49. The van der Waals surface area contributed by atoms with Crippen LogP contribution in [0.1, 0.15) is 44.1 Å². The van der Waals surface area contributed by atoms with E-state index in [9.17, 15) is 4.79 Å². The van der Waals surface area contributed by atoms with Gasteiger partial charge in [0.2, 0.25) is 5.91 Å². The van der Waals surface area contributed by atoms with Crippen LogP contribution in [0.2, 0.25) is 0 Å². The van der Waals surface area contributed by atoms with E-state index in [1.54, 1.807) is 7.11 Å². The van der Waals surface area contributed by atoms with Gasteiger partial charge in [0.15, 0.2) is 0 Å². The largest absolute Gasteiger partial charge is 0.497 e. The molecule has 2 saturated carbocycles. The van der Waals surface area contributed by atoms with Crippen LogP contribution < -0.4 is 4.74 Å². The Hall–Kier alpha value is -1.55. The Morgan fingerprint density at radius 2 is 1.92 bits per heavy atom. The summed E-state index contributed by atoms with van der Waals surface area (Å²) in [7, 11) is 1.70. The van der Waals surface area contributed by atoms with Gasteiger partial charge in [0.05, 0.1) is 7.11 Å². The molecule has 2 aliphatic carbocycles. The van der Waals surface area contributed by atoms with Crippen molar-refractivity contribution in [2.24, 2.45) is 17.8 Å². The van der Waals surface area contributed by atoms with Crippen molar-refractivity contribution in [3.63, 3.8) is 0 Å². The average molecular weight is 357 g/mol.